The largest absolute Gasteiger partial charge is 0.323 e. The van der Waals surface area contributed by atoms with Gasteiger partial charge < -0.3 is 0 Å². The van der Waals surface area contributed by atoms with Gasteiger partial charge in [0.1, 0.15) is 0 Å². The van der Waals surface area contributed by atoms with E-state index in [0.717, 1.165) is 4.47 Å². The molecule has 0 spiro atoms. The van der Waals surface area contributed by atoms with Crippen molar-refractivity contribution in [3.8, 4) is 0 Å². The third-order valence-corrected chi connectivity index (χ3v) is 4.36. The van der Waals surface area contributed by atoms with Crippen LogP contribution in [0.2, 0.25) is 0 Å². The summed E-state index contributed by atoms with van der Waals surface area (Å²) >= 11 is 3.31. The summed E-state index contributed by atoms with van der Waals surface area (Å²) in [5, 5.41) is 0. The fraction of sp³-hybridized carbons (Fsp3) is 0.0714. The van der Waals surface area contributed by atoms with Gasteiger partial charge in [0, 0.05) is 4.47 Å². The van der Waals surface area contributed by atoms with E-state index in [-0.39, 0.29) is 6.42 Å². The Balaban J connectivity index is 2.00. The molecule has 2 aromatic carbocycles. The normalized spacial score (nSPS) is 10.9. The van der Waals surface area contributed by atoms with Crippen molar-refractivity contribution in [2.75, 3.05) is 4.72 Å². The molecule has 0 aromatic heterocycles. The van der Waals surface area contributed by atoms with Crippen molar-refractivity contribution >= 4 is 37.7 Å². The Kier molecular flexibility index (Phi) is 4.98. The van der Waals surface area contributed by atoms with Crippen molar-refractivity contribution < 1.29 is 13.2 Å². The number of amides is 1. The van der Waals surface area contributed by atoms with Crippen LogP contribution in [-0.2, 0) is 21.4 Å². The summed E-state index contributed by atoms with van der Waals surface area (Å²) in [6.07, 6.45) is -0.0306. The maximum Gasteiger partial charge on any atom is 0.323 e. The van der Waals surface area contributed by atoms with Crippen LogP contribution in [0.3, 0.4) is 0 Å². The fourth-order valence-corrected chi connectivity index (χ4v) is 2.98. The maximum atomic E-state index is 11.8. The van der Waals surface area contributed by atoms with Crippen molar-refractivity contribution in [2.45, 2.75) is 6.42 Å². The summed E-state index contributed by atoms with van der Waals surface area (Å²) in [7, 11) is -3.93. The van der Waals surface area contributed by atoms with Crippen LogP contribution in [0.5, 0.6) is 0 Å². The molecular weight excluding hydrogens is 356 g/mol. The zero-order valence-corrected chi connectivity index (χ0v) is 13.3. The van der Waals surface area contributed by atoms with Crippen LogP contribution in [-0.4, -0.2) is 14.3 Å². The Morgan fingerprint density at radius 2 is 1.62 bits per heavy atom. The highest BCUT2D eigenvalue weighted by molar-refractivity contribution is 9.10. The molecule has 1 amide bonds. The van der Waals surface area contributed by atoms with Crippen LogP contribution in [0.25, 0.3) is 0 Å². The standard InChI is InChI=1S/C14H13BrN2O3S/c15-13-9-5-4-6-11(13)10-14(18)17-21(19,20)16-12-7-2-1-3-8-12/h1-9,16H,10H2,(H,17,18). The number of para-hydroxylation sites is 1. The number of nitrogens with one attached hydrogen (secondary N) is 2. The highest BCUT2D eigenvalue weighted by Gasteiger charge is 2.15. The Labute approximate surface area is 131 Å². The molecule has 2 rings (SSSR count). The highest BCUT2D eigenvalue weighted by atomic mass is 79.9. The van der Waals surface area contributed by atoms with Crippen molar-refractivity contribution in [1.29, 1.82) is 0 Å². The number of hydrogen-bond donors (Lipinski definition) is 2. The average molecular weight is 369 g/mol. The van der Waals surface area contributed by atoms with Gasteiger partial charge in [0.2, 0.25) is 5.91 Å². The SMILES string of the molecule is O=C(Cc1ccccc1Br)NS(=O)(=O)Nc1ccccc1. The topological polar surface area (TPSA) is 75.3 Å². The zero-order chi connectivity index (χ0) is 15.3. The minimum atomic E-state index is -3.93. The predicted molar refractivity (Wildman–Crippen MR) is 85.0 cm³/mol. The Morgan fingerprint density at radius 1 is 1.00 bits per heavy atom. The lowest BCUT2D eigenvalue weighted by Crippen LogP contribution is -2.36. The zero-order valence-electron chi connectivity index (χ0n) is 10.9. The lowest BCUT2D eigenvalue weighted by atomic mass is 10.1. The van der Waals surface area contributed by atoms with Crippen molar-refractivity contribution in [3.05, 3.63) is 64.6 Å². The van der Waals surface area contributed by atoms with Gasteiger partial charge in [-0.2, -0.15) is 8.42 Å². The molecule has 0 aliphatic heterocycles. The maximum absolute atomic E-state index is 11.8. The first-order valence-corrected chi connectivity index (χ1v) is 8.36. The van der Waals surface area contributed by atoms with Crippen LogP contribution in [0, 0.1) is 0 Å². The quantitative estimate of drug-likeness (QED) is 0.850. The van der Waals surface area contributed by atoms with Crippen LogP contribution < -0.4 is 9.44 Å². The summed E-state index contributed by atoms with van der Waals surface area (Å²) in [5.74, 6) is -0.606. The van der Waals surface area contributed by atoms with E-state index in [1.54, 1.807) is 48.5 Å². The third-order valence-electron chi connectivity index (χ3n) is 2.58. The molecule has 0 radical (unpaired) electrons. The van der Waals surface area contributed by atoms with Gasteiger partial charge in [0.05, 0.1) is 12.1 Å². The molecule has 110 valence electrons. The fourth-order valence-electron chi connectivity index (χ4n) is 1.69. The molecule has 0 fully saturated rings. The molecule has 7 heteroatoms. The van der Waals surface area contributed by atoms with Crippen molar-refractivity contribution in [2.24, 2.45) is 0 Å². The lowest BCUT2D eigenvalue weighted by molar-refractivity contribution is -0.118. The Bertz CT molecular complexity index is 733. The monoisotopic (exact) mass is 368 g/mol. The smallest absolute Gasteiger partial charge is 0.274 e. The molecule has 0 atom stereocenters. The first-order chi connectivity index (χ1) is 9.96. The summed E-state index contributed by atoms with van der Waals surface area (Å²) in [4.78, 5) is 11.8. The van der Waals surface area contributed by atoms with Gasteiger partial charge in [-0.15, -0.1) is 0 Å². The number of anilines is 1. The van der Waals surface area contributed by atoms with E-state index in [0.29, 0.717) is 11.3 Å². The van der Waals surface area contributed by atoms with Gasteiger partial charge >= 0.3 is 10.2 Å². The molecule has 2 aromatic rings. The number of benzene rings is 2. The Morgan fingerprint density at radius 3 is 2.29 bits per heavy atom. The van der Waals surface area contributed by atoms with E-state index in [2.05, 4.69) is 20.7 Å². The predicted octanol–water partition coefficient (Wildman–Crippen LogP) is 2.46. The number of carbonyl (C=O) groups is 1. The summed E-state index contributed by atoms with van der Waals surface area (Å²) in [6.45, 7) is 0. The van der Waals surface area contributed by atoms with Crippen LogP contribution in [0.4, 0.5) is 5.69 Å². The van der Waals surface area contributed by atoms with E-state index in [9.17, 15) is 13.2 Å². The lowest BCUT2D eigenvalue weighted by Gasteiger charge is -2.09. The second kappa shape index (κ2) is 6.73. The number of halogens is 1. The van der Waals surface area contributed by atoms with Gasteiger partial charge in [0.15, 0.2) is 0 Å². The van der Waals surface area contributed by atoms with Crippen molar-refractivity contribution in [1.82, 2.24) is 4.72 Å². The summed E-state index contributed by atoms with van der Waals surface area (Å²) < 4.78 is 28.7. The molecule has 0 saturated carbocycles. The average Bonchev–Trinajstić information content (AvgIpc) is 2.41. The molecule has 0 aliphatic carbocycles. The van der Waals surface area contributed by atoms with E-state index >= 15 is 0 Å². The van der Waals surface area contributed by atoms with Gasteiger partial charge in [-0.1, -0.05) is 52.3 Å². The number of carbonyl (C=O) groups excluding carboxylic acids is 1. The molecule has 0 saturated heterocycles. The van der Waals surface area contributed by atoms with Crippen LogP contribution in [0.15, 0.2) is 59.1 Å². The minimum absolute atomic E-state index is 0.0306. The second-order valence-electron chi connectivity index (χ2n) is 4.26. The van der Waals surface area contributed by atoms with Crippen LogP contribution >= 0.6 is 15.9 Å². The molecule has 0 bridgehead atoms. The van der Waals surface area contributed by atoms with Gasteiger partial charge in [-0.25, -0.2) is 4.72 Å². The molecule has 0 unspecified atom stereocenters. The Hall–Kier alpha value is -1.86. The first-order valence-electron chi connectivity index (χ1n) is 6.08. The number of rotatable bonds is 5. The molecule has 5 nitrogen and oxygen atoms in total. The van der Waals surface area contributed by atoms with Gasteiger partial charge in [-0.05, 0) is 23.8 Å². The van der Waals surface area contributed by atoms with Gasteiger partial charge in [-0.3, -0.25) is 9.52 Å². The minimum Gasteiger partial charge on any atom is -0.274 e. The van der Waals surface area contributed by atoms with Crippen LogP contribution in [0.1, 0.15) is 5.56 Å². The van der Waals surface area contributed by atoms with E-state index in [4.69, 9.17) is 0 Å². The van der Waals surface area contributed by atoms with Crippen molar-refractivity contribution in [3.63, 3.8) is 0 Å². The summed E-state index contributed by atoms with van der Waals surface area (Å²) in [6, 6.07) is 15.5. The summed E-state index contributed by atoms with van der Waals surface area (Å²) in [5.41, 5.74) is 1.10. The van der Waals surface area contributed by atoms with E-state index in [1.807, 2.05) is 10.8 Å². The van der Waals surface area contributed by atoms with Gasteiger partial charge in [0.25, 0.3) is 0 Å². The molecular formula is C14H13BrN2O3S. The molecule has 0 heterocycles. The third kappa shape index (κ3) is 4.87. The van der Waals surface area contributed by atoms with E-state index in [1.165, 1.54) is 0 Å². The molecule has 0 aliphatic rings. The first kappa shape index (κ1) is 15.5. The number of hydrogen-bond acceptors (Lipinski definition) is 3. The molecule has 21 heavy (non-hydrogen) atoms. The highest BCUT2D eigenvalue weighted by Crippen LogP contribution is 2.16. The molecule has 2 N–H and O–H groups in total. The second-order valence-corrected chi connectivity index (χ2v) is 6.53. The van der Waals surface area contributed by atoms with E-state index < -0.39 is 16.1 Å².